The molecule has 0 amide bonds. The molecule has 0 spiro atoms. The molecule has 0 radical (unpaired) electrons. The van der Waals surface area contributed by atoms with Crippen LogP contribution in [-0.4, -0.2) is 18.3 Å². The maximum Gasteiger partial charge on any atom is 0.104 e. The average molecular weight is 1020 g/mol. The number of fused-ring (bicyclic) bond motifs is 18. The molecule has 4 heterocycles. The van der Waals surface area contributed by atoms with Crippen LogP contribution in [0.25, 0.3) is 132 Å². The summed E-state index contributed by atoms with van der Waals surface area (Å²) in [5.41, 5.74) is 20.3. The van der Waals surface area contributed by atoms with Crippen molar-refractivity contribution in [2.24, 2.45) is 0 Å². The Bertz CT molecular complexity index is 5140. The van der Waals surface area contributed by atoms with Crippen LogP contribution in [0.4, 0.5) is 0 Å². The van der Waals surface area contributed by atoms with Crippen LogP contribution < -0.4 is 0 Å². The topological polar surface area (TPSA) is 67.3 Å². The zero-order valence-corrected chi connectivity index (χ0v) is 44.5. The van der Waals surface area contributed by atoms with Crippen molar-refractivity contribution in [2.75, 3.05) is 0 Å². The minimum Gasteiger partial charge on any atom is -0.306 e. The van der Waals surface area contributed by atoms with Crippen molar-refractivity contribution >= 4 is 87.2 Å². The standard InChI is InChI=1S/C74H48N6/c1-73(2)57-29-13-5-21-43(57)51-37-53-49-27-11-19-35-65(49)79(67(53)39-59(51)73)69-55(41-75)70(77-61-31-15-7-23-45(61)46-24-8-16-32-62(46)77)72(71(56(69)42-76)78-63-33-17-9-25-47(63)48-26-10-18-34-64(48)78)80-66-36-20-12-28-50(66)54-38-52-44-22-6-14-30-58(44)74(3,4)60(52)40-68(54)80/h5-40H,1-4H3. The summed E-state index contributed by atoms with van der Waals surface area (Å²) in [5.74, 6) is 0. The quantitative estimate of drug-likeness (QED) is 0.176. The maximum absolute atomic E-state index is 12.8. The molecule has 17 rings (SSSR count). The fraction of sp³-hybridized carbons (Fsp3) is 0.0811. The summed E-state index contributed by atoms with van der Waals surface area (Å²) in [5, 5.41) is 34.1. The molecule has 0 aliphatic heterocycles. The van der Waals surface area contributed by atoms with Crippen molar-refractivity contribution < 1.29 is 0 Å². The number of para-hydroxylation sites is 6. The van der Waals surface area contributed by atoms with Crippen molar-refractivity contribution in [1.29, 1.82) is 10.5 Å². The second-order valence-corrected chi connectivity index (χ2v) is 23.0. The Morgan fingerprint density at radius 2 is 0.537 bits per heavy atom. The lowest BCUT2D eigenvalue weighted by Crippen LogP contribution is -2.17. The molecule has 374 valence electrons. The molecule has 4 aromatic heterocycles. The smallest absolute Gasteiger partial charge is 0.104 e. The van der Waals surface area contributed by atoms with E-state index in [2.05, 4.69) is 276 Å². The lowest BCUT2D eigenvalue weighted by Gasteiger charge is -2.27. The molecule has 80 heavy (non-hydrogen) atoms. The van der Waals surface area contributed by atoms with Gasteiger partial charge >= 0.3 is 0 Å². The SMILES string of the molecule is CC1(C)c2ccccc2-c2cc3c4ccccc4n(-c4c(C#N)c(-n5c6ccccc6c6ccccc65)c(-n5c6ccccc6c6cc7c(cc65)C(C)(C)c5ccccc5-7)c(-n5c6ccccc6c6ccccc65)c4C#N)c3cc21. The number of nitriles is 2. The molecule has 11 aromatic carbocycles. The number of aromatic nitrogens is 4. The van der Waals surface area contributed by atoms with E-state index in [1.807, 2.05) is 0 Å². The first-order chi connectivity index (χ1) is 39.2. The monoisotopic (exact) mass is 1020 g/mol. The molecule has 0 saturated heterocycles. The van der Waals surface area contributed by atoms with Crippen LogP contribution >= 0.6 is 0 Å². The van der Waals surface area contributed by atoms with Crippen LogP contribution in [0.1, 0.15) is 61.1 Å². The van der Waals surface area contributed by atoms with Gasteiger partial charge in [-0.25, -0.2) is 0 Å². The van der Waals surface area contributed by atoms with Gasteiger partial charge in [0.05, 0.1) is 66.9 Å². The normalized spacial score (nSPS) is 13.9. The zero-order valence-electron chi connectivity index (χ0n) is 44.5. The molecule has 0 atom stereocenters. The summed E-state index contributed by atoms with van der Waals surface area (Å²) in [4.78, 5) is 0. The van der Waals surface area contributed by atoms with Crippen molar-refractivity contribution in [3.63, 3.8) is 0 Å². The van der Waals surface area contributed by atoms with E-state index in [9.17, 15) is 10.5 Å². The van der Waals surface area contributed by atoms with Crippen molar-refractivity contribution in [1.82, 2.24) is 18.3 Å². The molecule has 0 unspecified atom stereocenters. The Morgan fingerprint density at radius 1 is 0.263 bits per heavy atom. The summed E-state index contributed by atoms with van der Waals surface area (Å²) in [6, 6.07) is 84.5. The van der Waals surface area contributed by atoms with Gasteiger partial charge in [0.25, 0.3) is 0 Å². The largest absolute Gasteiger partial charge is 0.306 e. The number of benzene rings is 11. The minimum atomic E-state index is -0.323. The highest BCUT2D eigenvalue weighted by Gasteiger charge is 2.40. The third-order valence-corrected chi connectivity index (χ3v) is 18.4. The Morgan fingerprint density at radius 3 is 0.875 bits per heavy atom. The van der Waals surface area contributed by atoms with Crippen molar-refractivity contribution in [2.45, 2.75) is 38.5 Å². The van der Waals surface area contributed by atoms with Gasteiger partial charge in [0.2, 0.25) is 0 Å². The first-order valence-electron chi connectivity index (χ1n) is 27.6. The van der Waals surface area contributed by atoms with E-state index < -0.39 is 0 Å². The third kappa shape index (κ3) is 5.49. The summed E-state index contributed by atoms with van der Waals surface area (Å²) in [6.45, 7) is 9.30. The fourth-order valence-electron chi connectivity index (χ4n) is 14.9. The highest BCUT2D eigenvalue weighted by atomic mass is 15.1. The Balaban J connectivity index is 1.16. The van der Waals surface area contributed by atoms with Gasteiger partial charge in [-0.05, 0) is 105 Å². The van der Waals surface area contributed by atoms with Gasteiger partial charge in [-0.1, -0.05) is 185 Å². The second kappa shape index (κ2) is 15.6. The van der Waals surface area contributed by atoms with Crippen LogP contribution in [0.15, 0.2) is 218 Å². The Labute approximate surface area is 461 Å². The fourth-order valence-corrected chi connectivity index (χ4v) is 14.9. The molecule has 0 N–H and O–H groups in total. The molecule has 6 heteroatoms. The van der Waals surface area contributed by atoms with Gasteiger partial charge in [-0.2, -0.15) is 10.5 Å². The van der Waals surface area contributed by atoms with Crippen LogP contribution in [0.3, 0.4) is 0 Å². The van der Waals surface area contributed by atoms with Gasteiger partial charge in [-0.15, -0.1) is 0 Å². The molecule has 0 fully saturated rings. The van der Waals surface area contributed by atoms with E-state index in [1.165, 1.54) is 44.5 Å². The van der Waals surface area contributed by atoms with Gasteiger partial charge in [-0.3, -0.25) is 0 Å². The molecule has 0 saturated carbocycles. The average Bonchev–Trinajstić information content (AvgIpc) is 4.49. The van der Waals surface area contributed by atoms with Crippen molar-refractivity contribution in [3.8, 4) is 57.1 Å². The van der Waals surface area contributed by atoms with Crippen molar-refractivity contribution in [3.05, 3.63) is 252 Å². The number of hydrogen-bond donors (Lipinski definition) is 0. The Kier molecular flexibility index (Phi) is 8.74. The lowest BCUT2D eigenvalue weighted by molar-refractivity contribution is 0.661. The molecule has 6 nitrogen and oxygen atoms in total. The van der Waals surface area contributed by atoms with Gasteiger partial charge < -0.3 is 18.3 Å². The van der Waals surface area contributed by atoms with E-state index in [-0.39, 0.29) is 10.8 Å². The van der Waals surface area contributed by atoms with E-state index in [0.717, 1.165) is 92.9 Å². The lowest BCUT2D eigenvalue weighted by atomic mass is 9.82. The summed E-state index contributed by atoms with van der Waals surface area (Å²) >= 11 is 0. The zero-order chi connectivity index (χ0) is 53.5. The van der Waals surface area contributed by atoms with Crippen LogP contribution in [0.2, 0.25) is 0 Å². The van der Waals surface area contributed by atoms with Gasteiger partial charge in [0.15, 0.2) is 0 Å². The van der Waals surface area contributed by atoms with E-state index in [0.29, 0.717) is 28.2 Å². The molecular formula is C74H48N6. The third-order valence-electron chi connectivity index (χ3n) is 18.4. The molecule has 0 bridgehead atoms. The van der Waals surface area contributed by atoms with Crippen LogP contribution in [0.5, 0.6) is 0 Å². The summed E-state index contributed by atoms with van der Waals surface area (Å²) < 4.78 is 9.34. The summed E-state index contributed by atoms with van der Waals surface area (Å²) in [6.07, 6.45) is 0. The number of rotatable bonds is 4. The van der Waals surface area contributed by atoms with Gasteiger partial charge in [0.1, 0.15) is 23.3 Å². The van der Waals surface area contributed by atoms with Crippen LogP contribution in [-0.2, 0) is 10.8 Å². The first kappa shape index (κ1) is 44.7. The Hall–Kier alpha value is -10.4. The summed E-state index contributed by atoms with van der Waals surface area (Å²) in [7, 11) is 0. The molecule has 15 aromatic rings. The van der Waals surface area contributed by atoms with E-state index in [4.69, 9.17) is 0 Å². The second-order valence-electron chi connectivity index (χ2n) is 23.0. The molecular weight excluding hydrogens is 973 g/mol. The maximum atomic E-state index is 12.8. The van der Waals surface area contributed by atoms with E-state index in [1.54, 1.807) is 0 Å². The minimum absolute atomic E-state index is 0.321. The molecule has 2 aliphatic carbocycles. The molecule has 2 aliphatic rings. The highest BCUT2D eigenvalue weighted by molar-refractivity contribution is 6.17. The van der Waals surface area contributed by atoms with Gasteiger partial charge in [0, 0.05) is 53.9 Å². The predicted octanol–water partition coefficient (Wildman–Crippen LogP) is 18.4. The predicted molar refractivity (Wildman–Crippen MR) is 328 cm³/mol. The highest BCUT2D eigenvalue weighted by Crippen LogP contribution is 2.55. The number of nitrogens with zero attached hydrogens (tertiary/aromatic N) is 6. The number of hydrogen-bond acceptors (Lipinski definition) is 2. The van der Waals surface area contributed by atoms with Crippen LogP contribution in [0, 0.1) is 22.7 Å². The van der Waals surface area contributed by atoms with E-state index >= 15 is 0 Å². The first-order valence-corrected chi connectivity index (χ1v) is 27.6.